The van der Waals surface area contributed by atoms with Gasteiger partial charge in [0.15, 0.2) is 0 Å². The number of hydrogen-bond acceptors (Lipinski definition) is 4. The van der Waals surface area contributed by atoms with Crippen LogP contribution in [0.5, 0.6) is 0 Å². The van der Waals surface area contributed by atoms with Crippen LogP contribution in [0, 0.1) is 11.8 Å². The number of nitrogens with zero attached hydrogens (tertiary/aromatic N) is 2. The van der Waals surface area contributed by atoms with Crippen LogP contribution < -0.4 is 10.6 Å². The van der Waals surface area contributed by atoms with E-state index < -0.39 is 6.09 Å². The van der Waals surface area contributed by atoms with E-state index in [9.17, 15) is 19.5 Å². The lowest BCUT2D eigenvalue weighted by molar-refractivity contribution is -0.780. The fourth-order valence-corrected chi connectivity index (χ4v) is 8.04. The van der Waals surface area contributed by atoms with Crippen molar-refractivity contribution in [1.82, 2.24) is 10.2 Å². The average molecular weight is 604 g/mol. The van der Waals surface area contributed by atoms with Gasteiger partial charge in [0.05, 0.1) is 12.0 Å². The number of carbonyl (C=O) groups is 3. The van der Waals surface area contributed by atoms with E-state index in [1.54, 1.807) is 18.3 Å². The van der Waals surface area contributed by atoms with Crippen molar-refractivity contribution in [3.63, 3.8) is 0 Å². The number of amides is 3. The highest BCUT2D eigenvalue weighted by Gasteiger charge is 2.55. The van der Waals surface area contributed by atoms with Crippen LogP contribution in [0.3, 0.4) is 0 Å². The van der Waals surface area contributed by atoms with E-state index in [2.05, 4.69) is 16.7 Å². The minimum atomic E-state index is -0.929. The molecule has 3 aromatic carbocycles. The van der Waals surface area contributed by atoms with Gasteiger partial charge in [0.2, 0.25) is 5.91 Å². The van der Waals surface area contributed by atoms with E-state index in [0.29, 0.717) is 18.7 Å². The number of para-hydroxylation sites is 1. The SMILES string of the molecule is O=C(N[C@@H]1CCCC[C@@H]1C(=O)N1CC[C@@H]2[C@H](C3=CC=C[N+]3(Cc3ccccc3)C(=O)O)Nc3ccccc3[C@@H]21)c1ccccc1. The maximum absolute atomic E-state index is 14.5. The second-order valence-corrected chi connectivity index (χ2v) is 12.7. The first-order valence-corrected chi connectivity index (χ1v) is 16.0. The summed E-state index contributed by atoms with van der Waals surface area (Å²) in [6.45, 7) is 0.881. The third kappa shape index (κ3) is 5.23. The number of rotatable bonds is 6. The van der Waals surface area contributed by atoms with E-state index in [1.807, 2.05) is 83.8 Å². The summed E-state index contributed by atoms with van der Waals surface area (Å²) in [5.74, 6) is -0.375. The van der Waals surface area contributed by atoms with Crippen molar-refractivity contribution in [3.05, 3.63) is 126 Å². The van der Waals surface area contributed by atoms with Gasteiger partial charge >= 0.3 is 6.09 Å². The Kier molecular flexibility index (Phi) is 7.75. The van der Waals surface area contributed by atoms with Gasteiger partial charge in [0.25, 0.3) is 5.91 Å². The Bertz CT molecular complexity index is 1660. The van der Waals surface area contributed by atoms with Gasteiger partial charge in [0.1, 0.15) is 24.5 Å². The fraction of sp³-hybridized carbons (Fsp3) is 0.324. The Morgan fingerprint density at radius 3 is 2.38 bits per heavy atom. The monoisotopic (exact) mass is 603 g/mol. The fourth-order valence-electron chi connectivity index (χ4n) is 8.04. The first-order valence-electron chi connectivity index (χ1n) is 16.0. The average Bonchev–Trinajstić information content (AvgIpc) is 3.71. The summed E-state index contributed by atoms with van der Waals surface area (Å²) < 4.78 is -0.308. The van der Waals surface area contributed by atoms with Gasteiger partial charge in [-0.15, -0.1) is 0 Å². The highest BCUT2D eigenvalue weighted by atomic mass is 16.4. The molecule has 1 saturated heterocycles. The van der Waals surface area contributed by atoms with Gasteiger partial charge in [0, 0.05) is 41.4 Å². The molecule has 230 valence electrons. The topological polar surface area (TPSA) is 98.7 Å². The molecule has 1 aliphatic carbocycles. The van der Waals surface area contributed by atoms with Crippen LogP contribution in [-0.4, -0.2) is 51.0 Å². The van der Waals surface area contributed by atoms with Crippen LogP contribution >= 0.6 is 0 Å². The predicted octanol–water partition coefficient (Wildman–Crippen LogP) is 6.47. The van der Waals surface area contributed by atoms with Crippen molar-refractivity contribution >= 4 is 23.6 Å². The van der Waals surface area contributed by atoms with Crippen molar-refractivity contribution in [2.45, 2.75) is 56.8 Å². The van der Waals surface area contributed by atoms with Crippen molar-refractivity contribution in [3.8, 4) is 0 Å². The largest absolute Gasteiger partial charge is 0.523 e. The summed E-state index contributed by atoms with van der Waals surface area (Å²) in [5, 5.41) is 17.6. The maximum atomic E-state index is 14.5. The first kappa shape index (κ1) is 29.0. The lowest BCUT2D eigenvalue weighted by atomic mass is 9.79. The zero-order valence-corrected chi connectivity index (χ0v) is 25.2. The van der Waals surface area contributed by atoms with E-state index in [1.165, 1.54) is 0 Å². The van der Waals surface area contributed by atoms with Gasteiger partial charge < -0.3 is 20.6 Å². The van der Waals surface area contributed by atoms with Crippen LogP contribution in [0.2, 0.25) is 0 Å². The molecule has 1 saturated carbocycles. The Hall–Kier alpha value is -4.69. The van der Waals surface area contributed by atoms with E-state index in [0.717, 1.165) is 54.6 Å². The summed E-state index contributed by atoms with van der Waals surface area (Å²) >= 11 is 0. The predicted molar refractivity (Wildman–Crippen MR) is 172 cm³/mol. The van der Waals surface area contributed by atoms with E-state index >= 15 is 0 Å². The number of nitrogens with one attached hydrogen (secondary N) is 2. The standard InChI is InChI=1S/C37H38N4O4/c42-35(26-14-5-2-6-15-26)39-31-19-10-8-17-28(31)36(43)40-22-21-29-33(38-30-18-9-7-16-27(30)34(29)40)32-20-11-23-41(32,37(44)45)24-25-12-3-1-4-13-25/h1-7,9,11-16,18,20,23,28-29,31,33-34,38H,8,10,17,19,21-22,24H2,(H-,39,42,44,45)/p+1/t28-,29+,31+,33+,34-,41?/m0/s1. The number of fused-ring (bicyclic) bond motifs is 3. The minimum Gasteiger partial charge on any atom is -0.435 e. The summed E-state index contributed by atoms with van der Waals surface area (Å²) in [4.78, 5) is 42.8. The number of anilines is 1. The second kappa shape index (κ2) is 12.0. The van der Waals surface area contributed by atoms with Gasteiger partial charge in [-0.2, -0.15) is 9.28 Å². The van der Waals surface area contributed by atoms with Crippen LogP contribution in [0.15, 0.2) is 109 Å². The Labute approximate surface area is 263 Å². The van der Waals surface area contributed by atoms with Crippen molar-refractivity contribution < 1.29 is 24.0 Å². The molecule has 0 bridgehead atoms. The van der Waals surface area contributed by atoms with Crippen LogP contribution in [0.1, 0.15) is 59.6 Å². The second-order valence-electron chi connectivity index (χ2n) is 12.7. The molecule has 3 amide bonds. The summed E-state index contributed by atoms with van der Waals surface area (Å²) in [6, 6.07) is 26.3. The number of carboxylic acid groups (broad SMARTS) is 1. The van der Waals surface area contributed by atoms with Crippen molar-refractivity contribution in [1.29, 1.82) is 0 Å². The maximum Gasteiger partial charge on any atom is 0.523 e. The number of likely N-dealkylation sites (tertiary alicyclic amines) is 1. The molecule has 3 aromatic rings. The minimum absolute atomic E-state index is 0.0106. The molecular weight excluding hydrogens is 564 g/mol. The van der Waals surface area contributed by atoms with E-state index in [4.69, 9.17) is 0 Å². The van der Waals surface area contributed by atoms with Gasteiger partial charge in [-0.1, -0.05) is 79.6 Å². The van der Waals surface area contributed by atoms with Crippen molar-refractivity contribution in [2.24, 2.45) is 11.8 Å². The highest BCUT2D eigenvalue weighted by Crippen LogP contribution is 2.51. The molecule has 4 aliphatic rings. The van der Waals surface area contributed by atoms with Gasteiger partial charge in [-0.25, -0.2) is 0 Å². The molecule has 0 radical (unpaired) electrons. The van der Waals surface area contributed by atoms with Crippen molar-refractivity contribution in [2.75, 3.05) is 11.9 Å². The van der Waals surface area contributed by atoms with Crippen LogP contribution in [0.25, 0.3) is 0 Å². The number of allylic oxidation sites excluding steroid dienone is 2. The molecular formula is C37H39N4O4+. The summed E-state index contributed by atoms with van der Waals surface area (Å²) in [7, 11) is 0. The molecule has 1 unspecified atom stereocenters. The Balaban J connectivity index is 1.19. The zero-order chi connectivity index (χ0) is 31.0. The van der Waals surface area contributed by atoms with Crippen LogP contribution in [0.4, 0.5) is 10.5 Å². The molecule has 3 N–H and O–H groups in total. The number of carbonyl (C=O) groups excluding carboxylic acids is 2. The summed E-state index contributed by atoms with van der Waals surface area (Å²) in [6.07, 6.45) is 8.82. The molecule has 0 aromatic heterocycles. The molecule has 2 fully saturated rings. The summed E-state index contributed by atoms with van der Waals surface area (Å²) in [5.41, 5.74) is 4.30. The third-order valence-corrected chi connectivity index (χ3v) is 10.2. The first-order chi connectivity index (χ1) is 22.0. The van der Waals surface area contributed by atoms with Gasteiger partial charge in [-0.05, 0) is 49.1 Å². The molecule has 8 heteroatoms. The molecule has 8 nitrogen and oxygen atoms in total. The smallest absolute Gasteiger partial charge is 0.435 e. The Morgan fingerprint density at radius 1 is 0.889 bits per heavy atom. The molecule has 7 rings (SSSR count). The molecule has 45 heavy (non-hydrogen) atoms. The normalized spacial score (nSPS) is 28.4. The third-order valence-electron chi connectivity index (χ3n) is 10.2. The number of quaternary nitrogens is 1. The zero-order valence-electron chi connectivity index (χ0n) is 25.2. The quantitative estimate of drug-likeness (QED) is 0.281. The molecule has 3 aliphatic heterocycles. The number of hydrogen-bond donors (Lipinski definition) is 3. The highest BCUT2D eigenvalue weighted by molar-refractivity contribution is 5.95. The lowest BCUT2D eigenvalue weighted by Gasteiger charge is -2.43. The lowest BCUT2D eigenvalue weighted by Crippen LogP contribution is -2.53. The van der Waals surface area contributed by atoms with Crippen LogP contribution in [-0.2, 0) is 11.3 Å². The molecule has 6 atom stereocenters. The van der Waals surface area contributed by atoms with E-state index in [-0.39, 0.29) is 46.3 Å². The number of benzene rings is 3. The van der Waals surface area contributed by atoms with Gasteiger partial charge in [-0.3, -0.25) is 9.59 Å². The molecule has 3 heterocycles. The molecule has 0 spiro atoms. The Morgan fingerprint density at radius 2 is 1.60 bits per heavy atom.